The van der Waals surface area contributed by atoms with Crippen LogP contribution in [0.4, 0.5) is 0 Å². The van der Waals surface area contributed by atoms with Crippen LogP contribution in [0.3, 0.4) is 0 Å². The Labute approximate surface area is 53.0 Å². The zero-order chi connectivity index (χ0) is 7.49. The lowest BCUT2D eigenvalue weighted by Gasteiger charge is -2.05. The van der Waals surface area contributed by atoms with E-state index in [0.29, 0.717) is 0 Å². The molecule has 0 aliphatic rings. The van der Waals surface area contributed by atoms with Gasteiger partial charge < -0.3 is 5.73 Å². The molecule has 0 spiro atoms. The quantitative estimate of drug-likeness (QED) is 0.543. The summed E-state index contributed by atoms with van der Waals surface area (Å²) in [6.07, 6.45) is 2.78. The second kappa shape index (κ2) is 3.67. The van der Waals surface area contributed by atoms with Gasteiger partial charge >= 0.3 is 0 Å². The Morgan fingerprint density at radius 1 is 2.00 bits per heavy atom. The van der Waals surface area contributed by atoms with Crippen LogP contribution in [0.25, 0.3) is 0 Å². The van der Waals surface area contributed by atoms with Gasteiger partial charge in [0.1, 0.15) is 0 Å². The first-order valence-corrected chi connectivity index (χ1v) is 2.97. The highest BCUT2D eigenvalue weighted by Gasteiger charge is 1.95. The lowest BCUT2D eigenvalue weighted by molar-refractivity contribution is 0.811. The summed E-state index contributed by atoms with van der Waals surface area (Å²) in [4.78, 5) is 0. The Morgan fingerprint density at radius 3 is 2.50 bits per heavy atom. The number of rotatable bonds is 2. The normalized spacial score (nSPS) is 22.0. The van der Waals surface area contributed by atoms with Gasteiger partial charge in [-0.05, 0) is 20.3 Å². The van der Waals surface area contributed by atoms with Crippen molar-refractivity contribution in [1.29, 1.82) is 0 Å². The third kappa shape index (κ3) is 2.12. The van der Waals surface area contributed by atoms with E-state index in [1.165, 1.54) is 0 Å². The minimum atomic E-state index is -0.872. The highest BCUT2D eigenvalue weighted by atomic mass is 14.6. The number of allylic oxidation sites excluding steroid dienone is 1. The van der Waals surface area contributed by atoms with Gasteiger partial charge in [-0.3, -0.25) is 0 Å². The molecule has 0 rings (SSSR count). The molecule has 0 saturated heterocycles. The summed E-state index contributed by atoms with van der Waals surface area (Å²) < 4.78 is 7.40. The van der Waals surface area contributed by atoms with Gasteiger partial charge in [-0.15, -0.1) is 0 Å². The van der Waals surface area contributed by atoms with Gasteiger partial charge in [-0.25, -0.2) is 0 Å². The zero-order valence-electron chi connectivity index (χ0n) is 6.86. The van der Waals surface area contributed by atoms with E-state index < -0.39 is 6.02 Å². The lowest BCUT2D eigenvalue weighted by atomic mass is 10.1. The van der Waals surface area contributed by atoms with E-state index in [-0.39, 0.29) is 0 Å². The van der Waals surface area contributed by atoms with Crippen molar-refractivity contribution in [1.82, 2.24) is 0 Å². The van der Waals surface area contributed by atoms with Crippen molar-refractivity contribution < 1.29 is 1.37 Å². The SMILES string of the molecule is [2H]C(C)(N)/C(=C/C)CC. The van der Waals surface area contributed by atoms with Crippen molar-refractivity contribution in [3.8, 4) is 0 Å². The average molecular weight is 114 g/mol. The third-order valence-corrected chi connectivity index (χ3v) is 1.24. The Morgan fingerprint density at radius 2 is 2.50 bits per heavy atom. The van der Waals surface area contributed by atoms with Crippen molar-refractivity contribution in [2.45, 2.75) is 33.2 Å². The van der Waals surface area contributed by atoms with E-state index in [0.717, 1.165) is 12.0 Å². The number of hydrogen-bond donors (Lipinski definition) is 1. The summed E-state index contributed by atoms with van der Waals surface area (Å²) in [7, 11) is 0. The first kappa shape index (κ1) is 5.83. The van der Waals surface area contributed by atoms with Crippen molar-refractivity contribution in [3.05, 3.63) is 11.6 Å². The molecular formula is C7H15N. The number of nitrogens with two attached hydrogens (primary N) is 1. The maximum atomic E-state index is 7.40. The summed E-state index contributed by atoms with van der Waals surface area (Å²) in [5.74, 6) is 0. The largest absolute Gasteiger partial charge is 0.324 e. The van der Waals surface area contributed by atoms with Gasteiger partial charge in [0.25, 0.3) is 0 Å². The van der Waals surface area contributed by atoms with Crippen molar-refractivity contribution in [2.24, 2.45) is 5.73 Å². The van der Waals surface area contributed by atoms with Crippen LogP contribution >= 0.6 is 0 Å². The molecule has 0 aromatic rings. The third-order valence-electron chi connectivity index (χ3n) is 1.24. The fourth-order valence-electron chi connectivity index (χ4n) is 0.711. The molecule has 1 atom stereocenters. The van der Waals surface area contributed by atoms with Crippen LogP contribution in [-0.4, -0.2) is 6.02 Å². The standard InChI is InChI=1S/C7H15N/c1-4-7(5-2)6(3)8/h4,6H,5,8H2,1-3H3/b7-4+/i6D. The molecule has 0 aliphatic heterocycles. The van der Waals surface area contributed by atoms with Crippen LogP contribution in [-0.2, 0) is 0 Å². The molecule has 8 heavy (non-hydrogen) atoms. The molecule has 0 radical (unpaired) electrons. The van der Waals surface area contributed by atoms with Crippen molar-refractivity contribution in [3.63, 3.8) is 0 Å². The topological polar surface area (TPSA) is 26.0 Å². The molecule has 0 bridgehead atoms. The van der Waals surface area contributed by atoms with E-state index in [2.05, 4.69) is 0 Å². The molecule has 48 valence electrons. The maximum Gasteiger partial charge on any atom is 0.0507 e. The predicted octanol–water partition coefficient (Wildman–Crippen LogP) is 1.69. The highest BCUT2D eigenvalue weighted by Crippen LogP contribution is 2.02. The summed E-state index contributed by atoms with van der Waals surface area (Å²) >= 11 is 0. The lowest BCUT2D eigenvalue weighted by Crippen LogP contribution is -2.17. The maximum absolute atomic E-state index is 7.40. The summed E-state index contributed by atoms with van der Waals surface area (Å²) in [5, 5.41) is 0. The van der Waals surface area contributed by atoms with Gasteiger partial charge in [0.2, 0.25) is 0 Å². The molecule has 0 heterocycles. The van der Waals surface area contributed by atoms with Gasteiger partial charge in [0, 0.05) is 6.02 Å². The van der Waals surface area contributed by atoms with Crippen LogP contribution in [0, 0.1) is 0 Å². The van der Waals surface area contributed by atoms with Crippen LogP contribution in [0.15, 0.2) is 11.6 Å². The Hall–Kier alpha value is -0.300. The Balaban J connectivity index is 4.14. The van der Waals surface area contributed by atoms with Crippen molar-refractivity contribution in [2.75, 3.05) is 0 Å². The first-order valence-electron chi connectivity index (χ1n) is 3.47. The monoisotopic (exact) mass is 114 g/mol. The first-order chi connectivity index (χ1) is 4.02. The molecule has 1 nitrogen and oxygen atoms in total. The second-order valence-corrected chi connectivity index (χ2v) is 1.85. The van der Waals surface area contributed by atoms with E-state index in [9.17, 15) is 0 Å². The molecule has 2 N–H and O–H groups in total. The van der Waals surface area contributed by atoms with Crippen LogP contribution in [0.1, 0.15) is 28.6 Å². The fourth-order valence-corrected chi connectivity index (χ4v) is 0.711. The molecule has 0 fully saturated rings. The van der Waals surface area contributed by atoms with Gasteiger partial charge in [-0.1, -0.05) is 18.6 Å². The molecule has 1 heteroatoms. The van der Waals surface area contributed by atoms with Crippen LogP contribution in [0.2, 0.25) is 0 Å². The van der Waals surface area contributed by atoms with Crippen molar-refractivity contribution >= 4 is 0 Å². The average Bonchev–Trinajstić information content (AvgIpc) is 1.65. The van der Waals surface area contributed by atoms with Gasteiger partial charge in [0.05, 0.1) is 1.37 Å². The van der Waals surface area contributed by atoms with Gasteiger partial charge in [0.15, 0.2) is 0 Å². The Bertz CT molecular complexity index is 111. The van der Waals surface area contributed by atoms with Crippen LogP contribution in [0.5, 0.6) is 0 Å². The molecule has 0 aliphatic carbocycles. The van der Waals surface area contributed by atoms with Gasteiger partial charge in [-0.2, -0.15) is 0 Å². The molecule has 0 aromatic heterocycles. The molecule has 1 unspecified atom stereocenters. The minimum absolute atomic E-state index is 0.868. The molecule has 0 saturated carbocycles. The Kier molecular flexibility index (Phi) is 2.68. The number of hydrogen-bond acceptors (Lipinski definition) is 1. The zero-order valence-corrected chi connectivity index (χ0v) is 5.86. The molecule has 0 aromatic carbocycles. The summed E-state index contributed by atoms with van der Waals surface area (Å²) in [6.45, 7) is 5.62. The van der Waals surface area contributed by atoms with E-state index >= 15 is 0 Å². The molecule has 0 amide bonds. The second-order valence-electron chi connectivity index (χ2n) is 1.85. The molecular weight excluding hydrogens is 98.1 g/mol. The van der Waals surface area contributed by atoms with E-state index in [1.54, 1.807) is 6.92 Å². The smallest absolute Gasteiger partial charge is 0.0507 e. The fraction of sp³-hybridized carbons (Fsp3) is 0.714. The highest BCUT2D eigenvalue weighted by molar-refractivity contribution is 5.05. The summed E-state index contributed by atoms with van der Waals surface area (Å²) in [6, 6.07) is -0.872. The minimum Gasteiger partial charge on any atom is -0.324 e. The van der Waals surface area contributed by atoms with E-state index in [1.807, 2.05) is 19.9 Å². The van der Waals surface area contributed by atoms with Crippen LogP contribution < -0.4 is 5.73 Å². The predicted molar refractivity (Wildman–Crippen MR) is 37.7 cm³/mol. The summed E-state index contributed by atoms with van der Waals surface area (Å²) in [5.41, 5.74) is 6.49. The van der Waals surface area contributed by atoms with E-state index in [4.69, 9.17) is 7.10 Å².